The van der Waals surface area contributed by atoms with Crippen LogP contribution in [0.3, 0.4) is 0 Å². The van der Waals surface area contributed by atoms with Crippen LogP contribution in [-0.2, 0) is 24.2 Å². The summed E-state index contributed by atoms with van der Waals surface area (Å²) in [5, 5.41) is 13.3. The monoisotopic (exact) mass is 632 g/mol. The van der Waals surface area contributed by atoms with Crippen molar-refractivity contribution in [3.05, 3.63) is 111 Å². The van der Waals surface area contributed by atoms with Crippen molar-refractivity contribution in [2.75, 3.05) is 18.4 Å². The minimum Gasteiger partial charge on any atom is -0.505 e. The van der Waals surface area contributed by atoms with E-state index in [2.05, 4.69) is 5.32 Å². The Morgan fingerprint density at radius 2 is 1.55 bits per heavy atom. The third-order valence-electron chi connectivity index (χ3n) is 7.23. The molecule has 2 N–H and O–H groups in total. The second-order valence-corrected chi connectivity index (χ2v) is 12.5. The number of aromatic hydroxyl groups is 1. The van der Waals surface area contributed by atoms with Gasteiger partial charge in [-0.3, -0.25) is 4.79 Å². The maximum atomic E-state index is 13.6. The van der Waals surface area contributed by atoms with Crippen LogP contribution in [0.15, 0.2) is 78.9 Å². The number of carbonyl (C=O) groups excluding carboxylic acids is 2. The van der Waals surface area contributed by atoms with E-state index in [1.165, 1.54) is 0 Å². The molecule has 9 heteroatoms. The number of phenols is 1. The first-order valence-electron chi connectivity index (χ1n) is 14.4. The molecule has 44 heavy (non-hydrogen) atoms. The molecule has 0 saturated heterocycles. The lowest BCUT2D eigenvalue weighted by atomic mass is 10.0. The number of halogens is 2. The molecule has 0 bridgehead atoms. The number of nitrogens with zero attached hydrogens (tertiary/aromatic N) is 1. The Morgan fingerprint density at radius 3 is 2.23 bits per heavy atom. The molecule has 5 rings (SSSR count). The van der Waals surface area contributed by atoms with Crippen LogP contribution in [0.25, 0.3) is 11.1 Å². The summed E-state index contributed by atoms with van der Waals surface area (Å²) >= 11 is 12.4. The van der Waals surface area contributed by atoms with Crippen molar-refractivity contribution < 1.29 is 24.2 Å². The second-order valence-electron chi connectivity index (χ2n) is 11.7. The molecule has 0 saturated carbocycles. The van der Waals surface area contributed by atoms with Gasteiger partial charge < -0.3 is 24.8 Å². The Kier molecular flexibility index (Phi) is 9.37. The topological polar surface area (TPSA) is 88.1 Å². The summed E-state index contributed by atoms with van der Waals surface area (Å²) in [6.45, 7) is 6.93. The van der Waals surface area contributed by atoms with Crippen LogP contribution in [0, 0.1) is 0 Å². The maximum absolute atomic E-state index is 13.6. The molecule has 0 aromatic heterocycles. The Balaban J connectivity index is 1.37. The molecule has 0 fully saturated rings. The normalized spacial score (nSPS) is 13.1. The smallest absolute Gasteiger partial charge is 0.410 e. The van der Waals surface area contributed by atoms with E-state index in [4.69, 9.17) is 32.7 Å². The Bertz CT molecular complexity index is 1660. The molecule has 1 aliphatic heterocycles. The van der Waals surface area contributed by atoms with Crippen LogP contribution in [0.4, 0.5) is 10.5 Å². The summed E-state index contributed by atoms with van der Waals surface area (Å²) in [4.78, 5) is 28.0. The van der Waals surface area contributed by atoms with Gasteiger partial charge in [-0.05, 0) is 97.8 Å². The SMILES string of the molecule is CC(C)(C)OC(=O)N1CCc2ccc(NC(=O)c3ccc(-c4cc(Cl)c(O)c(Cl)c4)cc3OCc3ccccc3)cc2CC1. The summed E-state index contributed by atoms with van der Waals surface area (Å²) < 4.78 is 11.7. The summed E-state index contributed by atoms with van der Waals surface area (Å²) in [5.74, 6) is -0.135. The van der Waals surface area contributed by atoms with Crippen LogP contribution in [0.1, 0.15) is 47.8 Å². The van der Waals surface area contributed by atoms with Crippen molar-refractivity contribution in [3.63, 3.8) is 0 Å². The van der Waals surface area contributed by atoms with Gasteiger partial charge in [0.1, 0.15) is 18.0 Å². The molecule has 0 unspecified atom stereocenters. The number of fused-ring (bicyclic) bond motifs is 1. The number of rotatable bonds is 6. The van der Waals surface area contributed by atoms with E-state index in [-0.39, 0.29) is 34.4 Å². The Morgan fingerprint density at radius 1 is 0.864 bits per heavy atom. The molecule has 0 spiro atoms. The van der Waals surface area contributed by atoms with Crippen molar-refractivity contribution in [1.82, 2.24) is 4.90 Å². The van der Waals surface area contributed by atoms with Gasteiger partial charge in [-0.15, -0.1) is 0 Å². The van der Waals surface area contributed by atoms with Crippen LogP contribution in [0.5, 0.6) is 11.5 Å². The van der Waals surface area contributed by atoms with Crippen molar-refractivity contribution in [1.29, 1.82) is 0 Å². The van der Waals surface area contributed by atoms with Crippen LogP contribution in [0.2, 0.25) is 10.0 Å². The number of nitrogens with one attached hydrogen (secondary N) is 1. The molecule has 7 nitrogen and oxygen atoms in total. The van der Waals surface area contributed by atoms with Crippen molar-refractivity contribution >= 4 is 40.9 Å². The average molecular weight is 634 g/mol. The van der Waals surface area contributed by atoms with Gasteiger partial charge in [-0.2, -0.15) is 0 Å². The number of benzene rings is 4. The first-order valence-corrected chi connectivity index (χ1v) is 15.1. The number of ether oxygens (including phenoxy) is 2. The van der Waals surface area contributed by atoms with Gasteiger partial charge in [0.25, 0.3) is 5.91 Å². The van der Waals surface area contributed by atoms with Crippen molar-refractivity contribution in [3.8, 4) is 22.6 Å². The zero-order valence-corrected chi connectivity index (χ0v) is 26.3. The number of hydrogen-bond donors (Lipinski definition) is 2. The molecule has 2 amide bonds. The number of anilines is 1. The van der Waals surface area contributed by atoms with Crippen LogP contribution < -0.4 is 10.1 Å². The van der Waals surface area contributed by atoms with Gasteiger partial charge >= 0.3 is 6.09 Å². The van der Waals surface area contributed by atoms with Gasteiger partial charge in [-0.25, -0.2) is 4.79 Å². The fourth-order valence-electron chi connectivity index (χ4n) is 4.99. The van der Waals surface area contributed by atoms with E-state index in [0.717, 1.165) is 16.7 Å². The highest BCUT2D eigenvalue weighted by Gasteiger charge is 2.24. The summed E-state index contributed by atoms with van der Waals surface area (Å²) in [6.07, 6.45) is 1.03. The number of hydrogen-bond acceptors (Lipinski definition) is 5. The predicted molar refractivity (Wildman–Crippen MR) is 174 cm³/mol. The molecule has 0 atom stereocenters. The van der Waals surface area contributed by atoms with Gasteiger partial charge in [0.15, 0.2) is 5.75 Å². The Labute approximate surface area is 267 Å². The second kappa shape index (κ2) is 13.2. The highest BCUT2D eigenvalue weighted by molar-refractivity contribution is 6.37. The molecule has 4 aromatic carbocycles. The maximum Gasteiger partial charge on any atom is 0.410 e. The lowest BCUT2D eigenvalue weighted by Crippen LogP contribution is -2.38. The quantitative estimate of drug-likeness (QED) is 0.222. The summed E-state index contributed by atoms with van der Waals surface area (Å²) in [7, 11) is 0. The molecule has 228 valence electrons. The van der Waals surface area contributed by atoms with Gasteiger partial charge in [0.05, 0.1) is 15.6 Å². The van der Waals surface area contributed by atoms with E-state index >= 15 is 0 Å². The minimum absolute atomic E-state index is 0.124. The summed E-state index contributed by atoms with van der Waals surface area (Å²) in [5.41, 5.74) is 4.99. The molecule has 1 heterocycles. The molecular weight excluding hydrogens is 599 g/mol. The van der Waals surface area contributed by atoms with Crippen molar-refractivity contribution in [2.24, 2.45) is 0 Å². The van der Waals surface area contributed by atoms with Crippen LogP contribution in [-0.4, -0.2) is 40.7 Å². The third kappa shape index (κ3) is 7.65. The van der Waals surface area contributed by atoms with Crippen molar-refractivity contribution in [2.45, 2.75) is 45.8 Å². The lowest BCUT2D eigenvalue weighted by Gasteiger charge is -2.26. The molecule has 4 aromatic rings. The zero-order valence-electron chi connectivity index (χ0n) is 24.8. The number of carbonyl (C=O) groups is 2. The highest BCUT2D eigenvalue weighted by atomic mass is 35.5. The number of phenolic OH excluding ortho intramolecular Hbond substituents is 1. The standard InChI is InChI=1S/C35H34Cl2N2O5/c1-35(2,3)44-34(42)39-15-13-23-9-11-27(17-25(23)14-16-39)38-33(41)28-12-10-24(26-18-29(36)32(40)30(37)19-26)20-31(28)43-21-22-7-5-4-6-8-22/h4-12,17-20,40H,13-16,21H2,1-3H3,(H,38,41). The lowest BCUT2D eigenvalue weighted by molar-refractivity contribution is 0.0258. The average Bonchev–Trinajstić information content (AvgIpc) is 3.20. The highest BCUT2D eigenvalue weighted by Crippen LogP contribution is 2.38. The molecular formula is C35H34Cl2N2O5. The van der Waals surface area contributed by atoms with Gasteiger partial charge in [0, 0.05) is 18.8 Å². The van der Waals surface area contributed by atoms with Crippen LogP contribution >= 0.6 is 23.2 Å². The fraction of sp³-hybridized carbons (Fsp3) is 0.257. The van der Waals surface area contributed by atoms with E-state index in [1.807, 2.05) is 69.3 Å². The molecule has 1 aliphatic rings. The first-order chi connectivity index (χ1) is 21.0. The largest absolute Gasteiger partial charge is 0.505 e. The van der Waals surface area contributed by atoms with E-state index in [0.29, 0.717) is 54.1 Å². The first kappa shape index (κ1) is 31.2. The third-order valence-corrected chi connectivity index (χ3v) is 7.81. The zero-order chi connectivity index (χ0) is 31.4. The van der Waals surface area contributed by atoms with E-state index in [1.54, 1.807) is 35.2 Å². The molecule has 0 aliphatic carbocycles. The van der Waals surface area contributed by atoms with Gasteiger partial charge in [-0.1, -0.05) is 65.7 Å². The number of amides is 2. The molecule has 0 radical (unpaired) electrons. The predicted octanol–water partition coefficient (Wildman–Crippen LogP) is 8.53. The van der Waals surface area contributed by atoms with E-state index in [9.17, 15) is 14.7 Å². The van der Waals surface area contributed by atoms with Gasteiger partial charge in [0.2, 0.25) is 0 Å². The van der Waals surface area contributed by atoms with E-state index < -0.39 is 5.60 Å². The fourth-order valence-corrected chi connectivity index (χ4v) is 5.47. The Hall–Kier alpha value is -4.20. The minimum atomic E-state index is -0.556. The summed E-state index contributed by atoms with van der Waals surface area (Å²) in [6, 6.07) is 24.0.